The van der Waals surface area contributed by atoms with E-state index in [1.807, 2.05) is 50.2 Å². The third-order valence-corrected chi connectivity index (χ3v) is 9.83. The summed E-state index contributed by atoms with van der Waals surface area (Å²) in [5.74, 6) is -6.00. The summed E-state index contributed by atoms with van der Waals surface area (Å²) in [6.45, 7) is 2.87. The van der Waals surface area contributed by atoms with Gasteiger partial charge in [-0.15, -0.1) is 0 Å². The molecule has 0 aromatic heterocycles. The van der Waals surface area contributed by atoms with Gasteiger partial charge in [0.05, 0.1) is 19.1 Å². The van der Waals surface area contributed by atoms with Crippen LogP contribution in [0.15, 0.2) is 60.7 Å². The smallest absolute Gasteiger partial charge is 0.323 e. The normalized spacial score (nSPS) is 15.9. The average Bonchev–Trinajstić information content (AvgIpc) is 3.15. The quantitative estimate of drug-likeness (QED) is 0.0706. The highest BCUT2D eigenvalue weighted by Gasteiger charge is 2.40. The van der Waals surface area contributed by atoms with Gasteiger partial charge in [-0.2, -0.15) is 0 Å². The Bertz CT molecular complexity index is 1650. The molecule has 17 heteroatoms. The fourth-order valence-electron chi connectivity index (χ4n) is 6.64. The van der Waals surface area contributed by atoms with Crippen LogP contribution in [0, 0.1) is 5.92 Å². The van der Waals surface area contributed by atoms with E-state index in [0.717, 1.165) is 11.1 Å². The summed E-state index contributed by atoms with van der Waals surface area (Å²) in [6, 6.07) is 13.9. The van der Waals surface area contributed by atoms with Crippen molar-refractivity contribution in [1.29, 1.82) is 0 Å². The molecular weight excluding hydrogens is 738 g/mol. The fraction of sp³-hybridized carbons (Fsp3) is 0.525. The van der Waals surface area contributed by atoms with E-state index >= 15 is 0 Å². The fourth-order valence-corrected chi connectivity index (χ4v) is 6.64. The van der Waals surface area contributed by atoms with Gasteiger partial charge in [0.1, 0.15) is 23.7 Å². The van der Waals surface area contributed by atoms with Crippen LogP contribution < -0.4 is 27.4 Å². The predicted octanol–water partition coefficient (Wildman–Crippen LogP) is 0.346. The molecule has 17 nitrogen and oxygen atoms in total. The Balaban J connectivity index is 1.81. The van der Waals surface area contributed by atoms with Gasteiger partial charge in [-0.05, 0) is 68.5 Å². The number of benzene rings is 2. The lowest BCUT2D eigenvalue weighted by Crippen LogP contribution is -2.60. The molecule has 0 spiro atoms. The van der Waals surface area contributed by atoms with Crippen LogP contribution in [0.25, 0.3) is 0 Å². The van der Waals surface area contributed by atoms with Gasteiger partial charge >= 0.3 is 17.9 Å². The summed E-state index contributed by atoms with van der Waals surface area (Å²) in [4.78, 5) is 92.3. The molecule has 1 aliphatic rings. The Morgan fingerprint density at radius 2 is 1.21 bits per heavy atom. The zero-order valence-electron chi connectivity index (χ0n) is 32.6. The van der Waals surface area contributed by atoms with E-state index in [9.17, 15) is 48.9 Å². The van der Waals surface area contributed by atoms with E-state index in [4.69, 9.17) is 11.5 Å². The molecule has 1 heterocycles. The highest BCUT2D eigenvalue weighted by molar-refractivity contribution is 5.95. The number of piperidine rings is 1. The second kappa shape index (κ2) is 22.4. The summed E-state index contributed by atoms with van der Waals surface area (Å²) in [5.41, 5.74) is 12.4. The molecule has 57 heavy (non-hydrogen) atoms. The van der Waals surface area contributed by atoms with Crippen LogP contribution in [0.4, 0.5) is 0 Å². The van der Waals surface area contributed by atoms with Crippen LogP contribution >= 0.6 is 0 Å². The number of carbonyl (C=O) groups is 7. The maximum absolute atomic E-state index is 14.1. The molecule has 312 valence electrons. The minimum absolute atomic E-state index is 0.0103. The number of carbonyl (C=O) groups excluding carboxylic acids is 4. The molecule has 2 aromatic carbocycles. The number of amides is 4. The molecule has 10 N–H and O–H groups in total. The summed E-state index contributed by atoms with van der Waals surface area (Å²) in [5, 5.41) is 36.3. The molecule has 1 saturated heterocycles. The maximum atomic E-state index is 14.1. The van der Waals surface area contributed by atoms with Gasteiger partial charge in [0.2, 0.25) is 23.6 Å². The van der Waals surface area contributed by atoms with Crippen molar-refractivity contribution in [1.82, 2.24) is 25.8 Å². The highest BCUT2D eigenvalue weighted by Crippen LogP contribution is 2.22. The van der Waals surface area contributed by atoms with E-state index in [-0.39, 0.29) is 70.5 Å². The first kappa shape index (κ1) is 46.0. The molecule has 4 unspecified atom stereocenters. The molecule has 4 amide bonds. The predicted molar refractivity (Wildman–Crippen MR) is 209 cm³/mol. The van der Waals surface area contributed by atoms with Crippen molar-refractivity contribution in [2.24, 2.45) is 17.4 Å². The summed E-state index contributed by atoms with van der Waals surface area (Å²) in [7, 11) is 0. The van der Waals surface area contributed by atoms with Gasteiger partial charge in [0.15, 0.2) is 0 Å². The monoisotopic (exact) mass is 795 g/mol. The van der Waals surface area contributed by atoms with Crippen molar-refractivity contribution in [3.8, 4) is 0 Å². The number of likely N-dealkylation sites (tertiary alicyclic amines) is 1. The van der Waals surface area contributed by atoms with Crippen LogP contribution in [0.1, 0.15) is 63.5 Å². The lowest BCUT2D eigenvalue weighted by atomic mass is 9.88. The molecule has 4 atom stereocenters. The van der Waals surface area contributed by atoms with Crippen LogP contribution in [0.3, 0.4) is 0 Å². The van der Waals surface area contributed by atoms with Crippen LogP contribution in [0.5, 0.6) is 0 Å². The van der Waals surface area contributed by atoms with Gasteiger partial charge in [-0.3, -0.25) is 38.5 Å². The van der Waals surface area contributed by atoms with Gasteiger partial charge in [0.25, 0.3) is 0 Å². The minimum Gasteiger partial charge on any atom is -0.480 e. The van der Waals surface area contributed by atoms with Gasteiger partial charge in [-0.1, -0.05) is 74.5 Å². The topological polar surface area (TPSA) is 275 Å². The zero-order chi connectivity index (χ0) is 42.1. The van der Waals surface area contributed by atoms with E-state index in [1.165, 1.54) is 9.80 Å². The number of unbranched alkanes of at least 4 members (excludes halogenated alkanes) is 1. The van der Waals surface area contributed by atoms with E-state index in [2.05, 4.69) is 16.0 Å². The standard InChI is InChI=1S/C40H57N7O10/c1-26(2)21-31(45-37(54)32(23-28-13-7-4-8-14-28)44-35(52)29(41)22-27-11-5-3-6-12-27)36(53)43-30(15-9-10-18-46(24-33(48)49)25-34(50)51)38(55)47-19-16-40(42,17-20-47)39(56)57/h3-8,11-14,26,29-32H,9-10,15-25,41-42H2,1-2H3,(H,43,53)(H,44,52)(H,45,54)(H,48,49)(H,50,51)(H,56,57). The molecule has 2 aromatic rings. The average molecular weight is 796 g/mol. The molecule has 0 saturated carbocycles. The van der Waals surface area contributed by atoms with E-state index < -0.39 is 84.3 Å². The van der Waals surface area contributed by atoms with Crippen LogP contribution in [-0.4, -0.2) is 129 Å². The van der Waals surface area contributed by atoms with Crippen molar-refractivity contribution in [2.75, 3.05) is 32.7 Å². The van der Waals surface area contributed by atoms with Crippen molar-refractivity contribution < 1.29 is 48.9 Å². The van der Waals surface area contributed by atoms with Gasteiger partial charge < -0.3 is 47.6 Å². The number of carboxylic acids is 3. The maximum Gasteiger partial charge on any atom is 0.323 e. The van der Waals surface area contributed by atoms with Crippen molar-refractivity contribution in [2.45, 2.75) is 94.9 Å². The molecule has 0 aliphatic carbocycles. The van der Waals surface area contributed by atoms with Crippen molar-refractivity contribution in [3.63, 3.8) is 0 Å². The third-order valence-electron chi connectivity index (χ3n) is 9.83. The van der Waals surface area contributed by atoms with Crippen LogP contribution in [0.2, 0.25) is 0 Å². The number of rotatable bonds is 23. The number of aliphatic carboxylic acids is 3. The molecule has 0 radical (unpaired) electrons. The Labute approximate surface area is 332 Å². The number of hydrogen-bond acceptors (Lipinski definition) is 10. The Kier molecular flexibility index (Phi) is 18.1. The summed E-state index contributed by atoms with van der Waals surface area (Å²) in [6.07, 6.45) is 1.15. The number of hydrogen-bond donors (Lipinski definition) is 8. The Morgan fingerprint density at radius 3 is 1.72 bits per heavy atom. The van der Waals surface area contributed by atoms with Crippen molar-refractivity contribution in [3.05, 3.63) is 71.8 Å². The third kappa shape index (κ3) is 15.6. The first-order valence-corrected chi connectivity index (χ1v) is 19.2. The number of carboxylic acid groups (broad SMARTS) is 3. The molecule has 1 fully saturated rings. The highest BCUT2D eigenvalue weighted by atomic mass is 16.4. The number of nitrogens with zero attached hydrogens (tertiary/aromatic N) is 2. The van der Waals surface area contributed by atoms with E-state index in [1.54, 1.807) is 24.3 Å². The second-order valence-electron chi connectivity index (χ2n) is 15.1. The lowest BCUT2D eigenvalue weighted by Gasteiger charge is -2.38. The second-order valence-corrected chi connectivity index (χ2v) is 15.1. The number of nitrogens with two attached hydrogens (primary N) is 2. The zero-order valence-corrected chi connectivity index (χ0v) is 32.6. The molecule has 3 rings (SSSR count). The minimum atomic E-state index is -1.50. The Hall–Kier alpha value is -5.39. The Morgan fingerprint density at radius 1 is 0.719 bits per heavy atom. The van der Waals surface area contributed by atoms with Crippen molar-refractivity contribution >= 4 is 41.5 Å². The number of nitrogens with one attached hydrogen (secondary N) is 3. The molecular formula is C40H57N7O10. The SMILES string of the molecule is CC(C)CC(NC(=O)C(Cc1ccccc1)NC(=O)C(N)Cc1ccccc1)C(=O)NC(CCCCN(CC(=O)O)CC(=O)O)C(=O)N1CCC(N)(C(=O)O)CC1. The summed E-state index contributed by atoms with van der Waals surface area (Å²) < 4.78 is 0. The first-order valence-electron chi connectivity index (χ1n) is 19.2. The molecule has 1 aliphatic heterocycles. The van der Waals surface area contributed by atoms with E-state index in [0.29, 0.717) is 6.42 Å². The molecule has 0 bridgehead atoms. The van der Waals surface area contributed by atoms with Crippen LogP contribution in [-0.2, 0) is 46.4 Å². The van der Waals surface area contributed by atoms with Gasteiger partial charge in [0, 0.05) is 19.5 Å². The largest absolute Gasteiger partial charge is 0.480 e. The lowest BCUT2D eigenvalue weighted by molar-refractivity contribution is -0.148. The summed E-state index contributed by atoms with van der Waals surface area (Å²) >= 11 is 0. The van der Waals surface area contributed by atoms with Gasteiger partial charge in [-0.25, -0.2) is 0 Å². The first-order chi connectivity index (χ1) is 27.0.